The van der Waals surface area contributed by atoms with Crippen molar-refractivity contribution >= 4 is 59.1 Å². The number of hydrogen-bond acceptors (Lipinski definition) is 6. The van der Waals surface area contributed by atoms with Crippen LogP contribution in [0.4, 0.5) is 4.39 Å². The van der Waals surface area contributed by atoms with Crippen molar-refractivity contribution in [2.24, 2.45) is 0 Å². The Kier molecular flexibility index (Phi) is 10.2. The number of nitrogens with zero attached hydrogens (tertiary/aromatic N) is 3. The predicted octanol–water partition coefficient (Wildman–Crippen LogP) is 7.04. The molecule has 0 aliphatic heterocycles. The number of benzene rings is 1. The number of aromatic nitrogens is 3. The first-order valence-corrected chi connectivity index (χ1v) is 11.9. The molecule has 3 heterocycles. The minimum Gasteiger partial charge on any atom is -0.386 e. The van der Waals surface area contributed by atoms with Gasteiger partial charge in [-0.1, -0.05) is 23.7 Å². The van der Waals surface area contributed by atoms with E-state index < -0.39 is 6.10 Å². The summed E-state index contributed by atoms with van der Waals surface area (Å²) < 4.78 is 13.9. The first kappa shape index (κ1) is 27.6. The monoisotopic (exact) mass is 545 g/mol. The van der Waals surface area contributed by atoms with Gasteiger partial charge in [-0.15, -0.1) is 47.5 Å². The van der Waals surface area contributed by atoms with Crippen LogP contribution in [0.1, 0.15) is 45.6 Å². The number of rotatable bonds is 7. The highest BCUT2D eigenvalue weighted by atomic mass is 35.5. The minimum absolute atomic E-state index is 0. The molecule has 0 saturated heterocycles. The van der Waals surface area contributed by atoms with Gasteiger partial charge in [-0.05, 0) is 56.0 Å². The van der Waals surface area contributed by atoms with Gasteiger partial charge in [0.05, 0.1) is 21.3 Å². The first-order valence-electron chi connectivity index (χ1n) is 9.87. The van der Waals surface area contributed by atoms with Gasteiger partial charge in [0.15, 0.2) is 0 Å². The van der Waals surface area contributed by atoms with Gasteiger partial charge in [-0.2, -0.15) is 0 Å². The summed E-state index contributed by atoms with van der Waals surface area (Å²) in [5.74, 6) is -0.270. The minimum atomic E-state index is -0.575. The van der Waals surface area contributed by atoms with Crippen molar-refractivity contribution in [3.63, 3.8) is 0 Å². The van der Waals surface area contributed by atoms with Gasteiger partial charge in [0, 0.05) is 28.7 Å². The van der Waals surface area contributed by atoms with Crippen LogP contribution in [0.15, 0.2) is 41.9 Å². The molecule has 33 heavy (non-hydrogen) atoms. The van der Waals surface area contributed by atoms with Crippen LogP contribution < -0.4 is 0 Å². The fourth-order valence-corrected chi connectivity index (χ4v) is 5.19. The highest BCUT2D eigenvalue weighted by molar-refractivity contribution is 7.16. The molecule has 1 unspecified atom stereocenters. The lowest BCUT2D eigenvalue weighted by molar-refractivity contribution is 0.198. The Morgan fingerprint density at radius 3 is 2.55 bits per heavy atom. The topological polar surface area (TPSA) is 58.9 Å². The second kappa shape index (κ2) is 12.2. The molecule has 0 bridgehead atoms. The Morgan fingerprint density at radius 2 is 1.91 bits per heavy atom. The summed E-state index contributed by atoms with van der Waals surface area (Å²) in [6, 6.07) is 8.82. The molecule has 10 heteroatoms. The standard InChI is InChI=1S/C23H21ClFN3OS2.2ClH/c1-13-22(31-23(27-13)14(2)29)20-12-30-21(28-20)10-18-8-4-15(11-26-18)3-5-16-6-7-17(24)9-19(16)25;;/h4,6-9,11-12,14,29H,3,5,10H2,1-2H3;2*1H. The van der Waals surface area contributed by atoms with Crippen LogP contribution >= 0.6 is 59.1 Å². The summed E-state index contributed by atoms with van der Waals surface area (Å²) in [5.41, 5.74) is 4.43. The fraction of sp³-hybridized carbons (Fsp3) is 0.261. The summed E-state index contributed by atoms with van der Waals surface area (Å²) in [6.45, 7) is 3.66. The number of thiazole rings is 2. The highest BCUT2D eigenvalue weighted by Crippen LogP contribution is 2.33. The fourth-order valence-electron chi connectivity index (χ4n) is 3.20. The molecule has 0 fully saturated rings. The largest absolute Gasteiger partial charge is 0.386 e. The number of pyridine rings is 1. The zero-order valence-electron chi connectivity index (χ0n) is 17.9. The van der Waals surface area contributed by atoms with E-state index >= 15 is 0 Å². The molecule has 0 radical (unpaired) electrons. The van der Waals surface area contributed by atoms with Gasteiger partial charge in [-0.25, -0.2) is 14.4 Å². The van der Waals surface area contributed by atoms with Gasteiger partial charge in [0.25, 0.3) is 0 Å². The molecule has 176 valence electrons. The molecule has 1 atom stereocenters. The molecule has 0 saturated carbocycles. The van der Waals surface area contributed by atoms with Gasteiger partial charge in [-0.3, -0.25) is 4.98 Å². The molecule has 4 aromatic rings. The highest BCUT2D eigenvalue weighted by Gasteiger charge is 2.16. The van der Waals surface area contributed by atoms with E-state index in [0.717, 1.165) is 32.5 Å². The summed E-state index contributed by atoms with van der Waals surface area (Å²) >= 11 is 8.88. The molecular weight excluding hydrogens is 524 g/mol. The molecular formula is C23H23Cl3FN3OS2. The van der Waals surface area contributed by atoms with Gasteiger partial charge < -0.3 is 5.11 Å². The Morgan fingerprint density at radius 1 is 1.12 bits per heavy atom. The second-order valence-electron chi connectivity index (χ2n) is 7.34. The van der Waals surface area contributed by atoms with Crippen molar-refractivity contribution in [1.82, 2.24) is 15.0 Å². The zero-order chi connectivity index (χ0) is 22.0. The van der Waals surface area contributed by atoms with Crippen molar-refractivity contribution in [1.29, 1.82) is 0 Å². The molecule has 1 N–H and O–H groups in total. The average molecular weight is 547 g/mol. The van der Waals surface area contributed by atoms with Gasteiger partial charge in [0.1, 0.15) is 16.9 Å². The molecule has 0 aliphatic rings. The second-order valence-corrected chi connectivity index (χ2v) is 9.75. The van der Waals surface area contributed by atoms with Crippen LogP contribution in [0.5, 0.6) is 0 Å². The maximum atomic E-state index is 13.9. The molecule has 4 rings (SSSR count). The smallest absolute Gasteiger partial charge is 0.127 e. The van der Waals surface area contributed by atoms with E-state index in [1.54, 1.807) is 30.4 Å². The van der Waals surface area contributed by atoms with Crippen LogP contribution in [-0.2, 0) is 19.3 Å². The normalized spacial score (nSPS) is 11.5. The summed E-state index contributed by atoms with van der Waals surface area (Å²) in [7, 11) is 0. The lowest BCUT2D eigenvalue weighted by Crippen LogP contribution is -1.97. The third kappa shape index (κ3) is 6.94. The van der Waals surface area contributed by atoms with Crippen molar-refractivity contribution in [2.45, 2.75) is 39.2 Å². The number of aryl methyl sites for hydroxylation is 3. The predicted molar refractivity (Wildman–Crippen MR) is 139 cm³/mol. The third-order valence-corrected chi connectivity index (χ3v) is 7.31. The summed E-state index contributed by atoms with van der Waals surface area (Å²) in [5, 5.41) is 13.9. The quantitative estimate of drug-likeness (QED) is 0.270. The molecule has 4 nitrogen and oxygen atoms in total. The molecule has 0 amide bonds. The zero-order valence-corrected chi connectivity index (χ0v) is 21.9. The SMILES string of the molecule is Cc1nc(C(C)O)sc1-c1csc(Cc2ccc(CCc3ccc(Cl)cc3F)cn2)n1.Cl.Cl. The first-order chi connectivity index (χ1) is 14.9. The Hall–Kier alpha value is -1.61. The number of halogens is 4. The Balaban J connectivity index is 0.00000193. The van der Waals surface area contributed by atoms with Crippen molar-refractivity contribution in [3.05, 3.63) is 85.3 Å². The van der Waals surface area contributed by atoms with E-state index in [4.69, 9.17) is 16.6 Å². The molecule has 0 aliphatic carbocycles. The van der Waals surface area contributed by atoms with Crippen LogP contribution in [0, 0.1) is 12.7 Å². The maximum Gasteiger partial charge on any atom is 0.127 e. The van der Waals surface area contributed by atoms with Crippen molar-refractivity contribution in [2.75, 3.05) is 0 Å². The third-order valence-electron chi connectivity index (χ3n) is 4.87. The number of hydrogen-bond donors (Lipinski definition) is 1. The van der Waals surface area contributed by atoms with E-state index in [1.165, 1.54) is 17.4 Å². The Bertz CT molecular complexity index is 1200. The average Bonchev–Trinajstić information content (AvgIpc) is 3.35. The van der Waals surface area contributed by atoms with Crippen LogP contribution in [0.25, 0.3) is 10.6 Å². The van der Waals surface area contributed by atoms with Gasteiger partial charge in [0.2, 0.25) is 0 Å². The maximum absolute atomic E-state index is 13.9. The van der Waals surface area contributed by atoms with Crippen LogP contribution in [0.2, 0.25) is 5.02 Å². The van der Waals surface area contributed by atoms with E-state index in [0.29, 0.717) is 34.9 Å². The Labute approximate surface area is 217 Å². The lowest BCUT2D eigenvalue weighted by atomic mass is 10.0. The molecule has 1 aromatic carbocycles. The van der Waals surface area contributed by atoms with E-state index in [9.17, 15) is 9.50 Å². The van der Waals surface area contributed by atoms with Crippen molar-refractivity contribution < 1.29 is 9.50 Å². The van der Waals surface area contributed by atoms with Crippen molar-refractivity contribution in [3.8, 4) is 10.6 Å². The molecule has 3 aromatic heterocycles. The summed E-state index contributed by atoms with van der Waals surface area (Å²) in [6.07, 6.45) is 3.23. The van der Waals surface area contributed by atoms with Gasteiger partial charge >= 0.3 is 0 Å². The van der Waals surface area contributed by atoms with E-state index in [1.807, 2.05) is 30.6 Å². The van der Waals surface area contributed by atoms with Crippen LogP contribution in [-0.4, -0.2) is 20.1 Å². The van der Waals surface area contributed by atoms with E-state index in [2.05, 4.69) is 9.97 Å². The number of aliphatic hydroxyl groups excluding tert-OH is 1. The lowest BCUT2D eigenvalue weighted by Gasteiger charge is -2.05. The summed E-state index contributed by atoms with van der Waals surface area (Å²) in [4.78, 5) is 14.7. The van der Waals surface area contributed by atoms with E-state index in [-0.39, 0.29) is 30.6 Å². The molecule has 0 spiro atoms. The number of aliphatic hydroxyl groups is 1. The van der Waals surface area contributed by atoms with Crippen LogP contribution in [0.3, 0.4) is 0 Å².